The average molecular weight is 580 g/mol. The van der Waals surface area contributed by atoms with Gasteiger partial charge in [-0.15, -0.1) is 0 Å². The second-order valence-corrected chi connectivity index (χ2v) is 10.0. The number of nitrogens with one attached hydrogen (secondary N) is 1. The van der Waals surface area contributed by atoms with Gasteiger partial charge < -0.3 is 15.0 Å². The number of carbonyl (C=O) groups is 2. The molecule has 0 bridgehead atoms. The lowest BCUT2D eigenvalue weighted by molar-refractivity contribution is -0.143. The van der Waals surface area contributed by atoms with E-state index in [2.05, 4.69) is 21.2 Å². The van der Waals surface area contributed by atoms with E-state index in [1.54, 1.807) is 23.1 Å². The predicted molar refractivity (Wildman–Crippen MR) is 146 cm³/mol. The Labute approximate surface area is 224 Å². The van der Waals surface area contributed by atoms with Crippen LogP contribution in [0.5, 0.6) is 5.75 Å². The normalized spacial score (nSPS) is 12.7. The zero-order chi connectivity index (χ0) is 25.5. The smallest absolute Gasteiger partial charge is 0.261 e. The van der Waals surface area contributed by atoms with E-state index in [9.17, 15) is 9.59 Å². The van der Waals surface area contributed by atoms with Gasteiger partial charge >= 0.3 is 0 Å². The standard InChI is InChI=1S/C27H29BrCl2N2O3/c1-4-17(3)31-27(34)23(5-2)32(15-18-10-12-21(29)22(30)14-18)25(33)16-35-24-13-11-19-8-6-7-9-20(19)26(24)28/h6-14,17,23H,4-5,15-16H2,1-3H3,(H,31,34). The summed E-state index contributed by atoms with van der Waals surface area (Å²) in [6, 6.07) is 16.2. The van der Waals surface area contributed by atoms with Crippen LogP contribution in [0.15, 0.2) is 59.1 Å². The summed E-state index contributed by atoms with van der Waals surface area (Å²) >= 11 is 15.9. The van der Waals surface area contributed by atoms with Crippen molar-refractivity contribution in [2.45, 2.75) is 52.2 Å². The minimum absolute atomic E-state index is 0.00304. The SMILES string of the molecule is CCC(C)NC(=O)C(CC)N(Cc1ccc(Cl)c(Cl)c1)C(=O)COc1ccc2ccccc2c1Br. The fourth-order valence-corrected chi connectivity index (χ4v) is 4.67. The molecule has 5 nitrogen and oxygen atoms in total. The molecule has 0 aliphatic heterocycles. The average Bonchev–Trinajstić information content (AvgIpc) is 2.85. The van der Waals surface area contributed by atoms with Crippen molar-refractivity contribution in [2.75, 3.05) is 6.61 Å². The molecule has 2 atom stereocenters. The molecule has 0 heterocycles. The fraction of sp³-hybridized carbons (Fsp3) is 0.333. The Morgan fingerprint density at radius 1 is 1.03 bits per heavy atom. The highest BCUT2D eigenvalue weighted by Gasteiger charge is 2.29. The highest BCUT2D eigenvalue weighted by molar-refractivity contribution is 9.10. The topological polar surface area (TPSA) is 58.6 Å². The summed E-state index contributed by atoms with van der Waals surface area (Å²) in [6.07, 6.45) is 1.25. The lowest BCUT2D eigenvalue weighted by Crippen LogP contribution is -2.51. The molecule has 0 saturated heterocycles. The van der Waals surface area contributed by atoms with Crippen LogP contribution < -0.4 is 10.1 Å². The zero-order valence-corrected chi connectivity index (χ0v) is 23.1. The van der Waals surface area contributed by atoms with E-state index in [0.717, 1.165) is 27.2 Å². The van der Waals surface area contributed by atoms with Crippen LogP contribution in [-0.4, -0.2) is 35.4 Å². The number of rotatable bonds is 10. The number of carbonyl (C=O) groups excluding carboxylic acids is 2. The second kappa shape index (κ2) is 12.6. The van der Waals surface area contributed by atoms with Gasteiger partial charge in [-0.05, 0) is 70.2 Å². The number of amides is 2. The van der Waals surface area contributed by atoms with Crippen molar-refractivity contribution < 1.29 is 14.3 Å². The maximum Gasteiger partial charge on any atom is 0.261 e. The van der Waals surface area contributed by atoms with Gasteiger partial charge in [0.2, 0.25) is 5.91 Å². The number of nitrogens with zero attached hydrogens (tertiary/aromatic N) is 1. The Kier molecular flexibility index (Phi) is 9.84. The van der Waals surface area contributed by atoms with E-state index in [0.29, 0.717) is 22.2 Å². The monoisotopic (exact) mass is 578 g/mol. The molecular formula is C27H29BrCl2N2O3. The molecule has 0 fully saturated rings. The van der Waals surface area contributed by atoms with Crippen molar-refractivity contribution in [1.82, 2.24) is 10.2 Å². The Hall–Kier alpha value is -2.28. The third-order valence-electron chi connectivity index (χ3n) is 5.90. The fourth-order valence-electron chi connectivity index (χ4n) is 3.74. The lowest BCUT2D eigenvalue weighted by atomic mass is 10.1. The van der Waals surface area contributed by atoms with Crippen LogP contribution in [-0.2, 0) is 16.1 Å². The Balaban J connectivity index is 1.85. The summed E-state index contributed by atoms with van der Waals surface area (Å²) in [6.45, 7) is 5.81. The molecule has 1 N–H and O–H groups in total. The van der Waals surface area contributed by atoms with E-state index >= 15 is 0 Å². The molecule has 3 rings (SSSR count). The minimum Gasteiger partial charge on any atom is -0.483 e. The summed E-state index contributed by atoms with van der Waals surface area (Å²) in [5.41, 5.74) is 0.773. The van der Waals surface area contributed by atoms with E-state index in [4.69, 9.17) is 27.9 Å². The van der Waals surface area contributed by atoms with Crippen molar-refractivity contribution in [3.8, 4) is 5.75 Å². The predicted octanol–water partition coefficient (Wildman–Crippen LogP) is 7.01. The van der Waals surface area contributed by atoms with Crippen LogP contribution in [0, 0.1) is 0 Å². The molecule has 0 saturated carbocycles. The number of fused-ring (bicyclic) bond motifs is 1. The molecule has 0 radical (unpaired) electrons. The van der Waals surface area contributed by atoms with Gasteiger partial charge in [-0.3, -0.25) is 9.59 Å². The van der Waals surface area contributed by atoms with Gasteiger partial charge in [-0.1, -0.05) is 73.4 Å². The quantitative estimate of drug-likeness (QED) is 0.281. The van der Waals surface area contributed by atoms with Gasteiger partial charge in [0.25, 0.3) is 5.91 Å². The first kappa shape index (κ1) is 27.3. The second-order valence-electron chi connectivity index (χ2n) is 8.40. The van der Waals surface area contributed by atoms with Gasteiger partial charge in [0, 0.05) is 12.6 Å². The van der Waals surface area contributed by atoms with Crippen molar-refractivity contribution in [1.29, 1.82) is 0 Å². The molecule has 0 spiro atoms. The summed E-state index contributed by atoms with van der Waals surface area (Å²) in [5.74, 6) is 0.0630. The summed E-state index contributed by atoms with van der Waals surface area (Å²) in [7, 11) is 0. The summed E-state index contributed by atoms with van der Waals surface area (Å²) < 4.78 is 6.71. The molecule has 0 aliphatic rings. The van der Waals surface area contributed by atoms with Crippen molar-refractivity contribution in [3.05, 3.63) is 74.7 Å². The highest BCUT2D eigenvalue weighted by atomic mass is 79.9. The first-order valence-corrected chi connectivity index (χ1v) is 13.1. The molecule has 3 aromatic rings. The van der Waals surface area contributed by atoms with Crippen molar-refractivity contribution in [2.24, 2.45) is 0 Å². The number of ether oxygens (including phenoxy) is 1. The molecule has 0 aromatic heterocycles. The van der Waals surface area contributed by atoms with E-state index < -0.39 is 6.04 Å². The van der Waals surface area contributed by atoms with Gasteiger partial charge in [-0.2, -0.15) is 0 Å². The van der Waals surface area contributed by atoms with Gasteiger partial charge in [0.15, 0.2) is 6.61 Å². The van der Waals surface area contributed by atoms with E-state index in [1.165, 1.54) is 0 Å². The Morgan fingerprint density at radius 2 is 1.77 bits per heavy atom. The van der Waals surface area contributed by atoms with Crippen LogP contribution in [0.4, 0.5) is 0 Å². The lowest BCUT2D eigenvalue weighted by Gasteiger charge is -2.31. The van der Waals surface area contributed by atoms with Gasteiger partial charge in [0.05, 0.1) is 14.5 Å². The van der Waals surface area contributed by atoms with E-state index in [-0.39, 0.29) is 31.0 Å². The third-order valence-corrected chi connectivity index (χ3v) is 7.46. The van der Waals surface area contributed by atoms with Crippen LogP contribution in [0.3, 0.4) is 0 Å². The van der Waals surface area contributed by atoms with Gasteiger partial charge in [-0.25, -0.2) is 0 Å². The maximum atomic E-state index is 13.5. The van der Waals surface area contributed by atoms with E-state index in [1.807, 2.05) is 57.2 Å². The molecular weight excluding hydrogens is 551 g/mol. The molecule has 3 aromatic carbocycles. The molecule has 186 valence electrons. The largest absolute Gasteiger partial charge is 0.483 e. The third kappa shape index (κ3) is 6.90. The number of halogens is 3. The van der Waals surface area contributed by atoms with Crippen molar-refractivity contribution >= 4 is 61.7 Å². The van der Waals surface area contributed by atoms with Crippen LogP contribution in [0.2, 0.25) is 10.0 Å². The minimum atomic E-state index is -0.658. The molecule has 8 heteroatoms. The first-order valence-electron chi connectivity index (χ1n) is 11.6. The molecule has 35 heavy (non-hydrogen) atoms. The van der Waals surface area contributed by atoms with Gasteiger partial charge in [0.1, 0.15) is 11.8 Å². The molecule has 0 aliphatic carbocycles. The number of hydrogen-bond donors (Lipinski definition) is 1. The summed E-state index contributed by atoms with van der Waals surface area (Å²) in [4.78, 5) is 28.1. The highest BCUT2D eigenvalue weighted by Crippen LogP contribution is 2.33. The maximum absolute atomic E-state index is 13.5. The number of benzene rings is 3. The summed E-state index contributed by atoms with van der Waals surface area (Å²) in [5, 5.41) is 5.87. The Morgan fingerprint density at radius 3 is 2.46 bits per heavy atom. The van der Waals surface area contributed by atoms with Crippen LogP contribution in [0.25, 0.3) is 10.8 Å². The van der Waals surface area contributed by atoms with Crippen molar-refractivity contribution in [3.63, 3.8) is 0 Å². The molecule has 2 amide bonds. The molecule has 2 unspecified atom stereocenters. The first-order chi connectivity index (χ1) is 16.7. The Bertz CT molecular complexity index is 1200. The number of hydrogen-bond acceptors (Lipinski definition) is 3. The zero-order valence-electron chi connectivity index (χ0n) is 20.0. The van der Waals surface area contributed by atoms with Crippen LogP contribution >= 0.6 is 39.1 Å². The van der Waals surface area contributed by atoms with Crippen LogP contribution in [0.1, 0.15) is 39.2 Å².